The van der Waals surface area contributed by atoms with Crippen LogP contribution < -0.4 is 0 Å². The average Bonchev–Trinajstić information content (AvgIpc) is 2.82. The second kappa shape index (κ2) is 5.07. The molecule has 1 unspecified atom stereocenters. The van der Waals surface area contributed by atoms with Crippen molar-refractivity contribution in [3.8, 4) is 0 Å². The monoisotopic (exact) mass is 350 g/mol. The smallest absolute Gasteiger partial charge is 0.309 e. The summed E-state index contributed by atoms with van der Waals surface area (Å²) >= 11 is 0. The van der Waals surface area contributed by atoms with Gasteiger partial charge in [-0.2, -0.15) is 0 Å². The Bertz CT molecular complexity index is 628. The highest BCUT2D eigenvalue weighted by Crippen LogP contribution is 2.66. The Kier molecular flexibility index (Phi) is 3.54. The first-order chi connectivity index (χ1) is 11.5. The molecule has 5 heteroatoms. The highest BCUT2D eigenvalue weighted by atomic mass is 16.6. The summed E-state index contributed by atoms with van der Waals surface area (Å²) in [5, 5.41) is 22.7. The summed E-state index contributed by atoms with van der Waals surface area (Å²) in [7, 11) is 0. The summed E-state index contributed by atoms with van der Waals surface area (Å²) in [5.74, 6) is -1.70. The lowest BCUT2D eigenvalue weighted by atomic mass is 9.41. The molecule has 0 aromatic rings. The van der Waals surface area contributed by atoms with Crippen LogP contribution in [0.4, 0.5) is 0 Å². The van der Waals surface area contributed by atoms with Crippen molar-refractivity contribution in [1.82, 2.24) is 0 Å². The second-order valence-corrected chi connectivity index (χ2v) is 9.93. The Morgan fingerprint density at radius 2 is 1.80 bits per heavy atom. The first-order valence-corrected chi connectivity index (χ1v) is 9.67. The molecule has 25 heavy (non-hydrogen) atoms. The Morgan fingerprint density at radius 3 is 2.48 bits per heavy atom. The van der Waals surface area contributed by atoms with E-state index in [1.165, 1.54) is 0 Å². The zero-order chi connectivity index (χ0) is 18.4. The summed E-state index contributed by atoms with van der Waals surface area (Å²) < 4.78 is 5.50. The lowest BCUT2D eigenvalue weighted by Gasteiger charge is -2.65. The van der Waals surface area contributed by atoms with Crippen LogP contribution in [0, 0.1) is 34.5 Å². The van der Waals surface area contributed by atoms with E-state index in [4.69, 9.17) is 4.74 Å². The van der Waals surface area contributed by atoms with Gasteiger partial charge in [-0.15, -0.1) is 0 Å². The number of esters is 1. The number of rotatable bonds is 0. The predicted octanol–water partition coefficient (Wildman–Crippen LogP) is 2.08. The van der Waals surface area contributed by atoms with Crippen LogP contribution in [-0.4, -0.2) is 39.8 Å². The van der Waals surface area contributed by atoms with Crippen LogP contribution in [0.15, 0.2) is 0 Å². The van der Waals surface area contributed by atoms with E-state index in [-0.39, 0.29) is 34.9 Å². The quantitative estimate of drug-likeness (QED) is 0.654. The van der Waals surface area contributed by atoms with Gasteiger partial charge in [-0.1, -0.05) is 34.1 Å². The second-order valence-electron chi connectivity index (χ2n) is 9.93. The number of carbonyl (C=O) groups is 2. The minimum atomic E-state index is -1.52. The topological polar surface area (TPSA) is 83.8 Å². The van der Waals surface area contributed by atoms with E-state index in [0.29, 0.717) is 6.42 Å². The predicted molar refractivity (Wildman–Crippen MR) is 90.5 cm³/mol. The van der Waals surface area contributed by atoms with Crippen LogP contribution in [0.1, 0.15) is 59.8 Å². The van der Waals surface area contributed by atoms with Crippen LogP contribution in [0.5, 0.6) is 0 Å². The molecule has 1 saturated heterocycles. The van der Waals surface area contributed by atoms with Crippen molar-refractivity contribution in [2.75, 3.05) is 0 Å². The van der Waals surface area contributed by atoms with Gasteiger partial charge in [0.2, 0.25) is 0 Å². The van der Waals surface area contributed by atoms with Crippen molar-refractivity contribution < 1.29 is 24.5 Å². The van der Waals surface area contributed by atoms with Crippen molar-refractivity contribution in [2.45, 2.75) is 77.6 Å². The van der Waals surface area contributed by atoms with Gasteiger partial charge < -0.3 is 14.9 Å². The van der Waals surface area contributed by atoms with Gasteiger partial charge in [0.05, 0.1) is 17.9 Å². The molecule has 8 atom stereocenters. The third-order valence-electron chi connectivity index (χ3n) is 8.34. The molecule has 2 N–H and O–H groups in total. The van der Waals surface area contributed by atoms with E-state index in [0.717, 1.165) is 19.3 Å². The van der Waals surface area contributed by atoms with E-state index in [9.17, 15) is 19.8 Å². The molecule has 0 bridgehead atoms. The molecule has 3 saturated carbocycles. The number of Topliss-reactive ketones (excluding diaryl/α,β-unsaturated/α-hetero) is 1. The average molecular weight is 350 g/mol. The number of hydrogen-bond acceptors (Lipinski definition) is 5. The minimum Gasteiger partial charge on any atom is -0.458 e. The molecule has 4 aliphatic rings. The standard InChI is InChI=1S/C20H30O5/c1-10-15-11(21)8-13-19(4)7-5-6-18(2,3)12(19)9-14(22)20(13,24)16(15)25-17(10)23/h10,12-16,22,24H,5-9H2,1-4H3/t10?,12-,13+,14+,15-,16+,19-,20+/m1/s1. The van der Waals surface area contributed by atoms with Crippen molar-refractivity contribution in [3.05, 3.63) is 0 Å². The molecule has 140 valence electrons. The van der Waals surface area contributed by atoms with Gasteiger partial charge in [-0.25, -0.2) is 0 Å². The lowest BCUT2D eigenvalue weighted by molar-refractivity contribution is -0.272. The molecule has 0 amide bonds. The van der Waals surface area contributed by atoms with Gasteiger partial charge >= 0.3 is 5.97 Å². The maximum Gasteiger partial charge on any atom is 0.309 e. The zero-order valence-electron chi connectivity index (χ0n) is 15.6. The number of aliphatic hydroxyl groups is 2. The maximum atomic E-state index is 12.9. The molecule has 0 radical (unpaired) electrons. The summed E-state index contributed by atoms with van der Waals surface area (Å²) in [5.41, 5.74) is -1.68. The first-order valence-electron chi connectivity index (χ1n) is 9.67. The largest absolute Gasteiger partial charge is 0.458 e. The Morgan fingerprint density at radius 1 is 1.12 bits per heavy atom. The van der Waals surface area contributed by atoms with E-state index in [1.54, 1.807) is 6.92 Å². The normalized spacial score (nSPS) is 54.3. The third-order valence-corrected chi connectivity index (χ3v) is 8.34. The van der Waals surface area contributed by atoms with E-state index >= 15 is 0 Å². The van der Waals surface area contributed by atoms with E-state index in [2.05, 4.69) is 20.8 Å². The van der Waals surface area contributed by atoms with Gasteiger partial charge in [0.1, 0.15) is 17.5 Å². The van der Waals surface area contributed by atoms with E-state index < -0.39 is 35.6 Å². The maximum absolute atomic E-state index is 12.9. The Hall–Kier alpha value is -0.940. The molecule has 0 spiro atoms. The fourth-order valence-electron chi connectivity index (χ4n) is 7.01. The SMILES string of the molecule is CC1C(=O)O[C@H]2[C@H]1C(=O)C[C@H]1[C@]3(C)CCCC(C)(C)[C@H]3C[C@H](O)[C@]21O. The molecule has 4 fully saturated rings. The van der Waals surface area contributed by atoms with Gasteiger partial charge in [0.25, 0.3) is 0 Å². The highest BCUT2D eigenvalue weighted by molar-refractivity contribution is 5.91. The van der Waals surface area contributed by atoms with Crippen LogP contribution >= 0.6 is 0 Å². The fraction of sp³-hybridized carbons (Fsp3) is 0.900. The van der Waals surface area contributed by atoms with Gasteiger partial charge in [0, 0.05) is 12.3 Å². The molecule has 1 heterocycles. The number of aliphatic hydroxyl groups excluding tert-OH is 1. The molecular formula is C20H30O5. The van der Waals surface area contributed by atoms with Crippen molar-refractivity contribution in [2.24, 2.45) is 34.5 Å². The molecule has 4 rings (SSSR count). The van der Waals surface area contributed by atoms with Gasteiger partial charge in [-0.3, -0.25) is 9.59 Å². The van der Waals surface area contributed by atoms with Crippen LogP contribution in [0.3, 0.4) is 0 Å². The summed E-state index contributed by atoms with van der Waals surface area (Å²) in [4.78, 5) is 25.0. The van der Waals surface area contributed by atoms with E-state index in [1.807, 2.05) is 0 Å². The fourth-order valence-corrected chi connectivity index (χ4v) is 7.01. The lowest BCUT2D eigenvalue weighted by Crippen LogP contribution is -2.72. The summed E-state index contributed by atoms with van der Waals surface area (Å²) in [6, 6.07) is 0. The number of ether oxygens (including phenoxy) is 1. The minimum absolute atomic E-state index is 0.00970. The van der Waals surface area contributed by atoms with Crippen molar-refractivity contribution in [3.63, 3.8) is 0 Å². The highest BCUT2D eigenvalue weighted by Gasteiger charge is 2.72. The first kappa shape index (κ1) is 17.5. The number of hydrogen-bond donors (Lipinski definition) is 2. The Labute approximate surface area is 149 Å². The Balaban J connectivity index is 1.81. The number of ketones is 1. The molecular weight excluding hydrogens is 320 g/mol. The summed E-state index contributed by atoms with van der Waals surface area (Å²) in [6.45, 7) is 8.33. The van der Waals surface area contributed by atoms with Crippen molar-refractivity contribution in [1.29, 1.82) is 0 Å². The van der Waals surface area contributed by atoms with Crippen LogP contribution in [0.2, 0.25) is 0 Å². The van der Waals surface area contributed by atoms with Gasteiger partial charge in [0.15, 0.2) is 0 Å². The molecule has 0 aromatic carbocycles. The van der Waals surface area contributed by atoms with Crippen LogP contribution in [-0.2, 0) is 14.3 Å². The molecule has 5 nitrogen and oxygen atoms in total. The van der Waals surface area contributed by atoms with Crippen molar-refractivity contribution >= 4 is 11.8 Å². The molecule has 1 aliphatic heterocycles. The van der Waals surface area contributed by atoms with Gasteiger partial charge in [-0.05, 0) is 36.0 Å². The van der Waals surface area contributed by atoms with Crippen LogP contribution in [0.25, 0.3) is 0 Å². The molecule has 0 aromatic heterocycles. The number of fused-ring (bicyclic) bond motifs is 5. The summed E-state index contributed by atoms with van der Waals surface area (Å²) in [6.07, 6.45) is 1.96. The molecule has 3 aliphatic carbocycles. The zero-order valence-corrected chi connectivity index (χ0v) is 15.6. The third kappa shape index (κ3) is 2.03. The number of carbonyl (C=O) groups excluding carboxylic acids is 2.